The Labute approximate surface area is 197 Å². The SMILES string of the molecule is Cn1cc(CCN(Cc2ccccc2)/C(O)=C(/[N+]#N)c2ccccc2N=[N+]=[N-])c2ccccc21. The van der Waals surface area contributed by atoms with Gasteiger partial charge in [-0.05, 0) is 35.2 Å². The fraction of sp³-hybridized carbons (Fsp3) is 0.154. The maximum absolute atomic E-state index is 11.3. The van der Waals surface area contributed by atoms with Crippen LogP contribution in [0, 0.1) is 5.39 Å². The summed E-state index contributed by atoms with van der Waals surface area (Å²) in [4.78, 5) is 7.98. The lowest BCUT2D eigenvalue weighted by Gasteiger charge is -2.22. The van der Waals surface area contributed by atoms with Gasteiger partial charge in [0.2, 0.25) is 5.39 Å². The molecule has 8 heteroatoms. The molecule has 1 heterocycles. The quantitative estimate of drug-likeness (QED) is 0.104. The number of aliphatic hydroxyl groups excluding tert-OH is 1. The van der Waals surface area contributed by atoms with Crippen LogP contribution >= 0.6 is 0 Å². The number of aryl methyl sites for hydroxylation is 1. The number of azide groups is 1. The predicted molar refractivity (Wildman–Crippen MR) is 133 cm³/mol. The maximum Gasteiger partial charge on any atom is 0.451 e. The Hall–Kier alpha value is -4.73. The van der Waals surface area contributed by atoms with Crippen molar-refractivity contribution in [2.75, 3.05) is 6.54 Å². The van der Waals surface area contributed by atoms with Crippen LogP contribution in [0.2, 0.25) is 0 Å². The molecule has 168 valence electrons. The van der Waals surface area contributed by atoms with Gasteiger partial charge in [-0.3, -0.25) is 0 Å². The van der Waals surface area contributed by atoms with Crippen molar-refractivity contribution in [1.29, 1.82) is 5.39 Å². The molecule has 0 atom stereocenters. The van der Waals surface area contributed by atoms with Crippen LogP contribution in [0.1, 0.15) is 16.7 Å². The summed E-state index contributed by atoms with van der Waals surface area (Å²) in [5.74, 6) is -0.202. The molecular weight excluding hydrogens is 426 g/mol. The van der Waals surface area contributed by atoms with Crippen molar-refractivity contribution >= 4 is 22.3 Å². The van der Waals surface area contributed by atoms with Crippen molar-refractivity contribution in [3.63, 3.8) is 0 Å². The molecule has 34 heavy (non-hydrogen) atoms. The lowest BCUT2D eigenvalue weighted by molar-refractivity contribution is 0.198. The summed E-state index contributed by atoms with van der Waals surface area (Å²) in [5, 5.41) is 25.9. The highest BCUT2D eigenvalue weighted by molar-refractivity contribution is 5.84. The molecule has 1 aromatic heterocycles. The number of nitrogens with zero attached hydrogens (tertiary/aromatic N) is 7. The number of aromatic nitrogens is 1. The van der Waals surface area contributed by atoms with Gasteiger partial charge in [0.15, 0.2) is 4.98 Å². The average molecular weight is 451 g/mol. The van der Waals surface area contributed by atoms with Crippen molar-refractivity contribution < 1.29 is 5.11 Å². The van der Waals surface area contributed by atoms with Crippen LogP contribution in [0.4, 0.5) is 5.69 Å². The molecule has 0 aliphatic carbocycles. The third-order valence-corrected chi connectivity index (χ3v) is 5.77. The van der Waals surface area contributed by atoms with Crippen LogP contribution in [0.15, 0.2) is 96.1 Å². The molecule has 4 rings (SSSR count). The lowest BCUT2D eigenvalue weighted by atomic mass is 10.1. The number of aliphatic hydroxyl groups is 1. The Bertz CT molecular complexity index is 1430. The Kier molecular flexibility index (Phi) is 6.78. The molecule has 0 radical (unpaired) electrons. The second kappa shape index (κ2) is 10.3. The van der Waals surface area contributed by atoms with E-state index in [1.54, 1.807) is 29.2 Å². The molecule has 0 saturated heterocycles. The van der Waals surface area contributed by atoms with Crippen LogP contribution in [-0.4, -0.2) is 21.1 Å². The van der Waals surface area contributed by atoms with Crippen LogP contribution < -0.4 is 0 Å². The lowest BCUT2D eigenvalue weighted by Crippen LogP contribution is -2.26. The molecule has 0 spiro atoms. The first kappa shape index (κ1) is 22.5. The molecule has 0 aliphatic rings. The van der Waals surface area contributed by atoms with E-state index in [4.69, 9.17) is 5.53 Å². The van der Waals surface area contributed by atoms with E-state index in [0.717, 1.165) is 22.0 Å². The second-order valence-electron chi connectivity index (χ2n) is 7.92. The molecule has 0 amide bonds. The number of diazo groups is 1. The molecule has 1 N–H and O–H groups in total. The highest BCUT2D eigenvalue weighted by Crippen LogP contribution is 2.31. The van der Waals surface area contributed by atoms with E-state index < -0.39 is 0 Å². The van der Waals surface area contributed by atoms with E-state index in [0.29, 0.717) is 25.1 Å². The van der Waals surface area contributed by atoms with Gasteiger partial charge in [0, 0.05) is 42.1 Å². The van der Waals surface area contributed by atoms with Crippen molar-refractivity contribution in [2.45, 2.75) is 13.0 Å². The standard InChI is InChI=1S/C26H23N7O/c1-32-18-20(21-11-6-8-14-24(21)32)15-16-33(17-19-9-3-2-4-10-19)26(34)25(29-27)22-12-5-7-13-23(22)30-31-28/h2-14,18H,15-17H2,1H3/p+1/b26-25-. The van der Waals surface area contributed by atoms with Gasteiger partial charge in [-0.15, -0.1) is 0 Å². The Balaban J connectivity index is 1.73. The van der Waals surface area contributed by atoms with Crippen molar-refractivity contribution in [2.24, 2.45) is 12.2 Å². The van der Waals surface area contributed by atoms with Gasteiger partial charge in [0.05, 0.1) is 11.3 Å². The van der Waals surface area contributed by atoms with Crippen LogP contribution in [0.3, 0.4) is 0 Å². The van der Waals surface area contributed by atoms with Gasteiger partial charge < -0.3 is 14.6 Å². The summed E-state index contributed by atoms with van der Waals surface area (Å²) in [6.45, 7) is 0.873. The first-order chi connectivity index (χ1) is 16.6. The Morgan fingerprint density at radius 3 is 2.50 bits per heavy atom. The monoisotopic (exact) mass is 450 g/mol. The van der Waals surface area contributed by atoms with Gasteiger partial charge >= 0.3 is 5.70 Å². The van der Waals surface area contributed by atoms with Crippen molar-refractivity contribution in [3.8, 4) is 0 Å². The average Bonchev–Trinajstić information content (AvgIpc) is 3.19. The molecule has 8 nitrogen and oxygen atoms in total. The second-order valence-corrected chi connectivity index (χ2v) is 7.92. The van der Waals surface area contributed by atoms with E-state index in [1.165, 1.54) is 0 Å². The minimum Gasteiger partial charge on any atom is -0.489 e. The van der Waals surface area contributed by atoms with E-state index >= 15 is 0 Å². The zero-order chi connectivity index (χ0) is 23.9. The molecule has 0 aliphatic heterocycles. The first-order valence-electron chi connectivity index (χ1n) is 10.9. The fourth-order valence-electron chi connectivity index (χ4n) is 4.12. The minimum atomic E-state index is -0.202. The summed E-state index contributed by atoms with van der Waals surface area (Å²) in [6, 6.07) is 24.6. The third-order valence-electron chi connectivity index (χ3n) is 5.77. The zero-order valence-corrected chi connectivity index (χ0v) is 18.8. The molecule has 0 unspecified atom stereocenters. The van der Waals surface area contributed by atoms with Crippen LogP contribution in [0.5, 0.6) is 0 Å². The minimum absolute atomic E-state index is 0.0585. The normalized spacial score (nSPS) is 11.4. The first-order valence-corrected chi connectivity index (χ1v) is 10.9. The number of rotatable bonds is 8. The van der Waals surface area contributed by atoms with Gasteiger partial charge in [-0.2, -0.15) is 0 Å². The van der Waals surface area contributed by atoms with Crippen LogP contribution in [-0.2, 0) is 20.0 Å². The Morgan fingerprint density at radius 1 is 1.03 bits per heavy atom. The highest BCUT2D eigenvalue weighted by Gasteiger charge is 2.28. The Morgan fingerprint density at radius 2 is 1.74 bits per heavy atom. The van der Waals surface area contributed by atoms with Crippen molar-refractivity contribution in [1.82, 2.24) is 9.47 Å². The highest BCUT2D eigenvalue weighted by atomic mass is 16.3. The third kappa shape index (κ3) is 4.70. The largest absolute Gasteiger partial charge is 0.489 e. The van der Waals surface area contributed by atoms with Gasteiger partial charge in [-0.1, -0.05) is 71.8 Å². The van der Waals surface area contributed by atoms with E-state index in [9.17, 15) is 10.5 Å². The summed E-state index contributed by atoms with van der Waals surface area (Å²) >= 11 is 0. The van der Waals surface area contributed by atoms with Crippen LogP contribution in [0.25, 0.3) is 32.0 Å². The van der Waals surface area contributed by atoms with Gasteiger partial charge in [-0.25, -0.2) is 0 Å². The summed E-state index contributed by atoms with van der Waals surface area (Å²) in [6.07, 6.45) is 2.76. The molecule has 3 aromatic carbocycles. The fourth-order valence-corrected chi connectivity index (χ4v) is 4.12. The van der Waals surface area contributed by atoms with Crippen molar-refractivity contribution in [3.05, 3.63) is 123 Å². The topological polar surface area (TPSA) is 105 Å². The molecule has 4 aromatic rings. The summed E-state index contributed by atoms with van der Waals surface area (Å²) in [5.41, 5.74) is 12.7. The molecule has 0 bridgehead atoms. The smallest absolute Gasteiger partial charge is 0.451 e. The predicted octanol–water partition coefficient (Wildman–Crippen LogP) is 6.90. The number of benzene rings is 3. The number of hydrogen-bond donors (Lipinski definition) is 1. The van der Waals surface area contributed by atoms with E-state index in [-0.39, 0.29) is 17.3 Å². The van der Waals surface area contributed by atoms with E-state index in [2.05, 4.69) is 37.9 Å². The maximum atomic E-state index is 11.3. The molecular formula is C26H24N7O+. The molecule has 0 fully saturated rings. The van der Waals surface area contributed by atoms with E-state index in [1.807, 2.05) is 49.5 Å². The molecule has 0 saturated carbocycles. The van der Waals surface area contributed by atoms with Gasteiger partial charge in [0.25, 0.3) is 5.88 Å². The van der Waals surface area contributed by atoms with Gasteiger partial charge in [0.1, 0.15) is 0 Å². The summed E-state index contributed by atoms with van der Waals surface area (Å²) < 4.78 is 2.09. The zero-order valence-electron chi connectivity index (χ0n) is 18.8. The summed E-state index contributed by atoms with van der Waals surface area (Å²) in [7, 11) is 2.01. The number of hydrogen-bond acceptors (Lipinski definition) is 4. The number of fused-ring (bicyclic) bond motifs is 1. The number of para-hydroxylation sites is 1.